The second kappa shape index (κ2) is 5.09. The average molecular weight is 279 g/mol. The number of benzene rings is 1. The van der Waals surface area contributed by atoms with Gasteiger partial charge in [0, 0.05) is 18.0 Å². The molecule has 0 aliphatic carbocycles. The van der Waals surface area contributed by atoms with E-state index in [1.165, 1.54) is 5.56 Å². The molecule has 0 saturated heterocycles. The van der Waals surface area contributed by atoms with Crippen LogP contribution in [0.25, 0.3) is 16.6 Å². The predicted molar refractivity (Wildman–Crippen MR) is 83.9 cm³/mol. The standard InChI is InChI=1S/C18H17NO2/c1-12(2)13-6-8-14(9-7-13)15-11-19-10-4-3-5-16(19)17(15)18(20)21/h3-12H,1-2H3,(H,20,21). The maximum atomic E-state index is 11.6. The average Bonchev–Trinajstić information content (AvgIpc) is 2.86. The third kappa shape index (κ3) is 2.31. The van der Waals surface area contributed by atoms with Gasteiger partial charge in [0.2, 0.25) is 0 Å². The van der Waals surface area contributed by atoms with E-state index in [9.17, 15) is 9.90 Å². The summed E-state index contributed by atoms with van der Waals surface area (Å²) in [6.45, 7) is 4.29. The van der Waals surface area contributed by atoms with Crippen LogP contribution in [0.15, 0.2) is 54.9 Å². The predicted octanol–water partition coefficient (Wildman–Crippen LogP) is 4.43. The third-order valence-corrected chi connectivity index (χ3v) is 3.79. The minimum atomic E-state index is -0.897. The normalized spacial score (nSPS) is 11.2. The van der Waals surface area contributed by atoms with Crippen LogP contribution in [0, 0.1) is 0 Å². The van der Waals surface area contributed by atoms with Crippen molar-refractivity contribution in [2.45, 2.75) is 19.8 Å². The summed E-state index contributed by atoms with van der Waals surface area (Å²) in [5.74, 6) is -0.433. The Morgan fingerprint density at radius 2 is 1.81 bits per heavy atom. The number of fused-ring (bicyclic) bond motifs is 1. The summed E-state index contributed by atoms with van der Waals surface area (Å²) < 4.78 is 1.86. The highest BCUT2D eigenvalue weighted by atomic mass is 16.4. The minimum absolute atomic E-state index is 0.355. The second-order valence-electron chi connectivity index (χ2n) is 5.49. The van der Waals surface area contributed by atoms with Crippen LogP contribution in [0.3, 0.4) is 0 Å². The fourth-order valence-corrected chi connectivity index (χ4v) is 2.61. The van der Waals surface area contributed by atoms with Crippen molar-refractivity contribution in [3.63, 3.8) is 0 Å². The lowest BCUT2D eigenvalue weighted by atomic mass is 9.98. The van der Waals surface area contributed by atoms with Crippen LogP contribution in [0.4, 0.5) is 0 Å². The number of hydrogen-bond donors (Lipinski definition) is 1. The Kier molecular flexibility index (Phi) is 3.26. The van der Waals surface area contributed by atoms with E-state index < -0.39 is 5.97 Å². The molecule has 3 aromatic rings. The highest BCUT2D eigenvalue weighted by molar-refractivity contribution is 6.03. The lowest BCUT2D eigenvalue weighted by Crippen LogP contribution is -1.97. The summed E-state index contributed by atoms with van der Waals surface area (Å²) in [6.07, 6.45) is 3.75. The second-order valence-corrected chi connectivity index (χ2v) is 5.49. The van der Waals surface area contributed by atoms with Crippen LogP contribution < -0.4 is 0 Å². The maximum absolute atomic E-state index is 11.6. The molecule has 106 valence electrons. The quantitative estimate of drug-likeness (QED) is 0.770. The smallest absolute Gasteiger partial charge is 0.338 e. The van der Waals surface area contributed by atoms with Crippen molar-refractivity contribution in [1.82, 2.24) is 4.40 Å². The molecule has 3 heteroatoms. The van der Waals surface area contributed by atoms with Gasteiger partial charge in [0.15, 0.2) is 0 Å². The van der Waals surface area contributed by atoms with Gasteiger partial charge >= 0.3 is 5.97 Å². The van der Waals surface area contributed by atoms with Crippen molar-refractivity contribution < 1.29 is 9.90 Å². The molecule has 0 bridgehead atoms. The molecule has 0 unspecified atom stereocenters. The number of carboxylic acid groups (broad SMARTS) is 1. The molecule has 1 N–H and O–H groups in total. The molecule has 0 aliphatic rings. The molecule has 21 heavy (non-hydrogen) atoms. The summed E-state index contributed by atoms with van der Waals surface area (Å²) >= 11 is 0. The van der Waals surface area contributed by atoms with Crippen molar-refractivity contribution in [2.24, 2.45) is 0 Å². The summed E-state index contributed by atoms with van der Waals surface area (Å²) in [6, 6.07) is 13.7. The molecule has 0 fully saturated rings. The number of hydrogen-bond acceptors (Lipinski definition) is 1. The largest absolute Gasteiger partial charge is 0.478 e. The maximum Gasteiger partial charge on any atom is 0.338 e. The van der Waals surface area contributed by atoms with Gasteiger partial charge in [-0.2, -0.15) is 0 Å². The van der Waals surface area contributed by atoms with Crippen LogP contribution in [0.5, 0.6) is 0 Å². The van der Waals surface area contributed by atoms with Gasteiger partial charge in [-0.3, -0.25) is 0 Å². The van der Waals surface area contributed by atoms with Crippen LogP contribution in [0.2, 0.25) is 0 Å². The highest BCUT2D eigenvalue weighted by Gasteiger charge is 2.18. The Morgan fingerprint density at radius 1 is 1.10 bits per heavy atom. The number of aromatic nitrogens is 1. The van der Waals surface area contributed by atoms with Gasteiger partial charge < -0.3 is 9.51 Å². The first kappa shape index (κ1) is 13.4. The van der Waals surface area contributed by atoms with E-state index in [0.29, 0.717) is 17.0 Å². The number of carbonyl (C=O) groups is 1. The van der Waals surface area contributed by atoms with E-state index in [2.05, 4.69) is 26.0 Å². The van der Waals surface area contributed by atoms with Crippen molar-refractivity contribution in [1.29, 1.82) is 0 Å². The first-order valence-electron chi connectivity index (χ1n) is 7.01. The van der Waals surface area contributed by atoms with Gasteiger partial charge in [-0.25, -0.2) is 4.79 Å². The van der Waals surface area contributed by atoms with E-state index in [1.54, 1.807) is 0 Å². The molecule has 0 saturated carbocycles. The van der Waals surface area contributed by atoms with Gasteiger partial charge in [-0.05, 0) is 29.2 Å². The Balaban J connectivity index is 2.19. The molecule has 2 heterocycles. The Labute approximate surface area is 123 Å². The Bertz CT molecular complexity index is 798. The van der Waals surface area contributed by atoms with E-state index in [-0.39, 0.29) is 0 Å². The van der Waals surface area contributed by atoms with Gasteiger partial charge in [-0.1, -0.05) is 44.2 Å². The molecule has 0 aliphatic heterocycles. The summed E-state index contributed by atoms with van der Waals surface area (Å²) in [5, 5.41) is 9.54. The Morgan fingerprint density at radius 3 is 2.43 bits per heavy atom. The third-order valence-electron chi connectivity index (χ3n) is 3.79. The van der Waals surface area contributed by atoms with Crippen LogP contribution in [-0.4, -0.2) is 15.5 Å². The van der Waals surface area contributed by atoms with Gasteiger partial charge in [0.05, 0.1) is 11.1 Å². The van der Waals surface area contributed by atoms with E-state index in [1.807, 2.05) is 47.1 Å². The number of aromatic carboxylic acids is 1. The van der Waals surface area contributed by atoms with Crippen molar-refractivity contribution in [3.05, 3.63) is 66.0 Å². The molecular weight excluding hydrogens is 262 g/mol. The number of carboxylic acids is 1. The highest BCUT2D eigenvalue weighted by Crippen LogP contribution is 2.30. The minimum Gasteiger partial charge on any atom is -0.478 e. The molecule has 0 spiro atoms. The topological polar surface area (TPSA) is 41.7 Å². The number of nitrogens with zero attached hydrogens (tertiary/aromatic N) is 1. The zero-order valence-corrected chi connectivity index (χ0v) is 12.1. The number of pyridine rings is 1. The van der Waals surface area contributed by atoms with Gasteiger partial charge in [0.25, 0.3) is 0 Å². The molecule has 1 aromatic carbocycles. The molecule has 0 amide bonds. The monoisotopic (exact) mass is 279 g/mol. The van der Waals surface area contributed by atoms with E-state index in [0.717, 1.165) is 11.1 Å². The molecule has 0 radical (unpaired) electrons. The molecule has 2 aromatic heterocycles. The van der Waals surface area contributed by atoms with Crippen LogP contribution in [-0.2, 0) is 0 Å². The molecule has 0 atom stereocenters. The fourth-order valence-electron chi connectivity index (χ4n) is 2.61. The zero-order valence-electron chi connectivity index (χ0n) is 12.1. The summed E-state index contributed by atoms with van der Waals surface area (Å²) in [5.41, 5.74) is 4.00. The lowest BCUT2D eigenvalue weighted by Gasteiger charge is -2.06. The van der Waals surface area contributed by atoms with Crippen molar-refractivity contribution in [2.75, 3.05) is 0 Å². The van der Waals surface area contributed by atoms with E-state index in [4.69, 9.17) is 0 Å². The zero-order chi connectivity index (χ0) is 15.0. The number of rotatable bonds is 3. The first-order chi connectivity index (χ1) is 10.1. The van der Waals surface area contributed by atoms with Crippen molar-refractivity contribution >= 4 is 11.5 Å². The van der Waals surface area contributed by atoms with Gasteiger partial charge in [-0.15, -0.1) is 0 Å². The van der Waals surface area contributed by atoms with Crippen LogP contribution >= 0.6 is 0 Å². The molecule has 3 nitrogen and oxygen atoms in total. The summed E-state index contributed by atoms with van der Waals surface area (Å²) in [7, 11) is 0. The SMILES string of the molecule is CC(C)c1ccc(-c2cn3ccccc3c2C(=O)O)cc1. The van der Waals surface area contributed by atoms with Crippen molar-refractivity contribution in [3.8, 4) is 11.1 Å². The molecule has 3 rings (SSSR count). The van der Waals surface area contributed by atoms with Crippen LogP contribution in [0.1, 0.15) is 35.7 Å². The van der Waals surface area contributed by atoms with Gasteiger partial charge in [0.1, 0.15) is 0 Å². The molecular formula is C18H17NO2. The lowest BCUT2D eigenvalue weighted by molar-refractivity contribution is 0.0700. The van der Waals surface area contributed by atoms with E-state index >= 15 is 0 Å². The Hall–Kier alpha value is -2.55. The first-order valence-corrected chi connectivity index (χ1v) is 7.01. The summed E-state index contributed by atoms with van der Waals surface area (Å²) in [4.78, 5) is 11.6. The fraction of sp³-hybridized carbons (Fsp3) is 0.167.